The Morgan fingerprint density at radius 2 is 2.13 bits per heavy atom. The van der Waals surface area contributed by atoms with Gasteiger partial charge in [-0.3, -0.25) is 0 Å². The Morgan fingerprint density at radius 1 is 1.47 bits per heavy atom. The van der Waals surface area contributed by atoms with E-state index < -0.39 is 5.82 Å². The summed E-state index contributed by atoms with van der Waals surface area (Å²) in [6.07, 6.45) is 3.19. The first-order valence-electron chi connectivity index (χ1n) is 5.09. The third kappa shape index (κ3) is 3.63. The molecule has 0 aliphatic rings. The van der Waals surface area contributed by atoms with E-state index >= 15 is 0 Å². The molecule has 0 saturated carbocycles. The van der Waals surface area contributed by atoms with E-state index in [0.29, 0.717) is 12.5 Å². The lowest BCUT2D eigenvalue weighted by atomic mass is 10.0. The van der Waals surface area contributed by atoms with Crippen molar-refractivity contribution in [2.24, 2.45) is 5.92 Å². The van der Waals surface area contributed by atoms with Crippen molar-refractivity contribution in [2.75, 3.05) is 11.9 Å². The summed E-state index contributed by atoms with van der Waals surface area (Å²) >= 11 is 5.57. The van der Waals surface area contributed by atoms with E-state index in [4.69, 9.17) is 11.6 Å². The normalized spacial score (nSPS) is 10.7. The summed E-state index contributed by atoms with van der Waals surface area (Å²) in [5.41, 5.74) is 0. The molecule has 0 atom stereocenters. The first kappa shape index (κ1) is 12.2. The zero-order valence-corrected chi connectivity index (χ0v) is 9.68. The van der Waals surface area contributed by atoms with Gasteiger partial charge in [0.2, 0.25) is 5.28 Å². The average molecular weight is 232 g/mol. The molecule has 0 unspecified atom stereocenters. The first-order valence-corrected chi connectivity index (χ1v) is 5.47. The van der Waals surface area contributed by atoms with E-state index in [1.54, 1.807) is 0 Å². The van der Waals surface area contributed by atoms with Crippen LogP contribution in [-0.2, 0) is 0 Å². The Hall–Kier alpha value is -0.900. The molecule has 1 aromatic heterocycles. The molecule has 0 spiro atoms. The first-order chi connectivity index (χ1) is 7.17. The number of halogens is 2. The Balaban J connectivity index is 2.60. The fraction of sp³-hybridized carbons (Fsp3) is 0.600. The number of hydrogen-bond acceptors (Lipinski definition) is 3. The Kier molecular flexibility index (Phi) is 4.75. The lowest BCUT2D eigenvalue weighted by Crippen LogP contribution is -2.14. The second-order valence-corrected chi connectivity index (χ2v) is 3.74. The molecule has 1 aromatic rings. The lowest BCUT2D eigenvalue weighted by Gasteiger charge is -2.13. The van der Waals surface area contributed by atoms with Crippen LogP contribution in [0.2, 0.25) is 5.28 Å². The minimum absolute atomic E-state index is 0.0587. The summed E-state index contributed by atoms with van der Waals surface area (Å²) in [5, 5.41) is 3.00. The monoisotopic (exact) mass is 231 g/mol. The average Bonchev–Trinajstić information content (AvgIpc) is 2.24. The van der Waals surface area contributed by atoms with Crippen LogP contribution in [-0.4, -0.2) is 16.5 Å². The number of nitrogens with zero attached hydrogens (tertiary/aromatic N) is 2. The highest BCUT2D eigenvalue weighted by atomic mass is 35.5. The fourth-order valence-electron chi connectivity index (χ4n) is 1.29. The van der Waals surface area contributed by atoms with Crippen molar-refractivity contribution in [3.63, 3.8) is 0 Å². The van der Waals surface area contributed by atoms with E-state index in [1.165, 1.54) is 0 Å². The van der Waals surface area contributed by atoms with Crippen molar-refractivity contribution in [3.8, 4) is 0 Å². The van der Waals surface area contributed by atoms with Crippen molar-refractivity contribution in [3.05, 3.63) is 17.3 Å². The number of anilines is 1. The van der Waals surface area contributed by atoms with Crippen molar-refractivity contribution in [1.29, 1.82) is 0 Å². The molecule has 1 rings (SSSR count). The molecule has 3 nitrogen and oxygen atoms in total. The van der Waals surface area contributed by atoms with Gasteiger partial charge in [0.25, 0.3) is 0 Å². The maximum atomic E-state index is 13.2. The third-order valence-electron chi connectivity index (χ3n) is 2.43. The van der Waals surface area contributed by atoms with E-state index in [-0.39, 0.29) is 11.1 Å². The van der Waals surface area contributed by atoms with Crippen LogP contribution in [0.4, 0.5) is 10.2 Å². The standard InChI is InChI=1S/C10H15ClFN3/c1-3-7(4-2)5-13-9-8(12)6-14-10(11)15-9/h6-7H,3-5H2,1-2H3,(H,13,14,15). The molecular formula is C10H15ClFN3. The maximum Gasteiger partial charge on any atom is 0.224 e. The largest absolute Gasteiger partial charge is 0.367 e. The topological polar surface area (TPSA) is 37.8 Å². The molecule has 84 valence electrons. The summed E-state index contributed by atoms with van der Waals surface area (Å²) in [6.45, 7) is 4.93. The third-order valence-corrected chi connectivity index (χ3v) is 2.61. The zero-order chi connectivity index (χ0) is 11.3. The number of nitrogens with one attached hydrogen (secondary N) is 1. The van der Waals surface area contributed by atoms with Crippen molar-refractivity contribution in [2.45, 2.75) is 26.7 Å². The fourth-order valence-corrected chi connectivity index (χ4v) is 1.42. The SMILES string of the molecule is CCC(CC)CNc1nc(Cl)ncc1F. The predicted octanol–water partition coefficient (Wildman–Crippen LogP) is 3.12. The van der Waals surface area contributed by atoms with Crippen LogP contribution < -0.4 is 5.32 Å². The summed E-state index contributed by atoms with van der Waals surface area (Å²) in [5.74, 6) is 0.241. The van der Waals surface area contributed by atoms with Crippen LogP contribution in [0.3, 0.4) is 0 Å². The molecular weight excluding hydrogens is 217 g/mol. The van der Waals surface area contributed by atoms with E-state index in [9.17, 15) is 4.39 Å². The molecule has 0 radical (unpaired) electrons. The summed E-state index contributed by atoms with van der Waals surface area (Å²) < 4.78 is 13.2. The zero-order valence-electron chi connectivity index (χ0n) is 8.93. The van der Waals surface area contributed by atoms with Gasteiger partial charge >= 0.3 is 0 Å². The van der Waals surface area contributed by atoms with Crippen LogP contribution in [0.5, 0.6) is 0 Å². The number of hydrogen-bond donors (Lipinski definition) is 1. The predicted molar refractivity (Wildman–Crippen MR) is 59.6 cm³/mol. The Morgan fingerprint density at radius 3 is 2.73 bits per heavy atom. The molecule has 0 aliphatic heterocycles. The summed E-state index contributed by atoms with van der Waals surface area (Å²) in [6, 6.07) is 0. The second-order valence-electron chi connectivity index (χ2n) is 3.40. The van der Waals surface area contributed by atoms with Crippen LogP contribution in [0.15, 0.2) is 6.20 Å². The molecule has 0 saturated heterocycles. The Labute approximate surface area is 94.1 Å². The highest BCUT2D eigenvalue weighted by molar-refractivity contribution is 6.28. The van der Waals surface area contributed by atoms with Crippen LogP contribution in [0, 0.1) is 11.7 Å². The van der Waals surface area contributed by atoms with Gasteiger partial charge in [-0.25, -0.2) is 9.37 Å². The maximum absolute atomic E-state index is 13.2. The quantitative estimate of drug-likeness (QED) is 0.792. The second kappa shape index (κ2) is 5.85. The highest BCUT2D eigenvalue weighted by Gasteiger charge is 2.08. The van der Waals surface area contributed by atoms with Gasteiger partial charge < -0.3 is 5.32 Å². The number of rotatable bonds is 5. The summed E-state index contributed by atoms with van der Waals surface area (Å²) in [4.78, 5) is 7.33. The molecule has 0 aliphatic carbocycles. The van der Waals surface area contributed by atoms with Crippen molar-refractivity contribution >= 4 is 17.4 Å². The van der Waals surface area contributed by atoms with Crippen LogP contribution >= 0.6 is 11.6 Å². The minimum Gasteiger partial charge on any atom is -0.367 e. The molecule has 1 heterocycles. The van der Waals surface area contributed by atoms with Gasteiger partial charge in [0.15, 0.2) is 11.6 Å². The van der Waals surface area contributed by atoms with Crippen molar-refractivity contribution < 1.29 is 4.39 Å². The molecule has 1 N–H and O–H groups in total. The molecule has 0 aromatic carbocycles. The summed E-state index contributed by atoms with van der Waals surface area (Å²) in [7, 11) is 0. The molecule has 15 heavy (non-hydrogen) atoms. The molecule has 0 amide bonds. The van der Waals surface area contributed by atoms with Gasteiger partial charge in [0.1, 0.15) is 0 Å². The number of aromatic nitrogens is 2. The van der Waals surface area contributed by atoms with Gasteiger partial charge in [-0.2, -0.15) is 4.98 Å². The molecule has 5 heteroatoms. The minimum atomic E-state index is -0.467. The van der Waals surface area contributed by atoms with E-state index in [0.717, 1.165) is 19.0 Å². The lowest BCUT2D eigenvalue weighted by molar-refractivity contribution is 0.515. The van der Waals surface area contributed by atoms with E-state index in [2.05, 4.69) is 29.1 Å². The smallest absolute Gasteiger partial charge is 0.224 e. The van der Waals surface area contributed by atoms with Gasteiger partial charge in [0, 0.05) is 6.54 Å². The van der Waals surface area contributed by atoms with Gasteiger partial charge in [-0.05, 0) is 17.5 Å². The molecule has 0 fully saturated rings. The Bertz CT molecular complexity index is 316. The van der Waals surface area contributed by atoms with Crippen LogP contribution in [0.25, 0.3) is 0 Å². The van der Waals surface area contributed by atoms with Gasteiger partial charge in [-0.15, -0.1) is 0 Å². The van der Waals surface area contributed by atoms with Gasteiger partial charge in [0.05, 0.1) is 6.20 Å². The van der Waals surface area contributed by atoms with E-state index in [1.807, 2.05) is 0 Å². The molecule has 0 bridgehead atoms. The van der Waals surface area contributed by atoms with Crippen LogP contribution in [0.1, 0.15) is 26.7 Å². The highest BCUT2D eigenvalue weighted by Crippen LogP contribution is 2.14. The van der Waals surface area contributed by atoms with Crippen molar-refractivity contribution in [1.82, 2.24) is 9.97 Å². The van der Waals surface area contributed by atoms with Gasteiger partial charge in [-0.1, -0.05) is 26.7 Å².